The summed E-state index contributed by atoms with van der Waals surface area (Å²) in [7, 11) is 0. The molecule has 0 unspecified atom stereocenters. The Hall–Kier alpha value is -2.78. The Balaban J connectivity index is 1.43. The standard InChI is InChI=1S/C21H22N6OS2/c1-12-5-7-15(8-6-12)17-11-30-20(23-17)24-18(28)10-9-16-13(2)22-19-25-21(29-4)26-27(19)14(16)3/h5-8,11H,9-10H2,1-4H3,(H,23,24,28). The van der Waals surface area contributed by atoms with E-state index in [2.05, 4.69) is 44.4 Å². The molecule has 0 aliphatic heterocycles. The monoisotopic (exact) mass is 438 g/mol. The molecule has 7 nitrogen and oxygen atoms in total. The van der Waals surface area contributed by atoms with Crippen molar-refractivity contribution in [3.8, 4) is 11.3 Å². The largest absolute Gasteiger partial charge is 0.302 e. The minimum absolute atomic E-state index is 0.0675. The molecule has 30 heavy (non-hydrogen) atoms. The number of carbonyl (C=O) groups excluding carboxylic acids is 1. The minimum atomic E-state index is -0.0675. The molecule has 0 saturated heterocycles. The Morgan fingerprint density at radius 1 is 1.13 bits per heavy atom. The molecule has 0 radical (unpaired) electrons. The first-order valence-corrected chi connectivity index (χ1v) is 11.6. The number of carbonyl (C=O) groups is 1. The molecule has 0 saturated carbocycles. The number of fused-ring (bicyclic) bond motifs is 1. The van der Waals surface area contributed by atoms with Crippen LogP contribution in [0.15, 0.2) is 34.8 Å². The first-order chi connectivity index (χ1) is 14.4. The number of hydrogen-bond acceptors (Lipinski definition) is 7. The zero-order chi connectivity index (χ0) is 21.3. The molecule has 0 atom stereocenters. The molecule has 154 valence electrons. The van der Waals surface area contributed by atoms with Gasteiger partial charge in [0.25, 0.3) is 5.78 Å². The zero-order valence-electron chi connectivity index (χ0n) is 17.3. The maximum Gasteiger partial charge on any atom is 0.253 e. The Bertz CT molecular complexity index is 1210. The lowest BCUT2D eigenvalue weighted by atomic mass is 10.1. The molecule has 9 heteroatoms. The Kier molecular flexibility index (Phi) is 5.83. The fourth-order valence-electron chi connectivity index (χ4n) is 3.25. The average molecular weight is 439 g/mol. The van der Waals surface area contributed by atoms with Crippen LogP contribution in [0, 0.1) is 20.8 Å². The Morgan fingerprint density at radius 3 is 2.63 bits per heavy atom. The van der Waals surface area contributed by atoms with E-state index in [9.17, 15) is 4.79 Å². The number of rotatable bonds is 6. The van der Waals surface area contributed by atoms with Crippen LogP contribution in [0.2, 0.25) is 0 Å². The number of nitrogens with zero attached hydrogens (tertiary/aromatic N) is 5. The predicted molar refractivity (Wildman–Crippen MR) is 121 cm³/mol. The van der Waals surface area contributed by atoms with Crippen molar-refractivity contribution in [3.05, 3.63) is 52.2 Å². The van der Waals surface area contributed by atoms with E-state index in [1.807, 2.05) is 37.6 Å². The summed E-state index contributed by atoms with van der Waals surface area (Å²) in [6.45, 7) is 5.99. The van der Waals surface area contributed by atoms with E-state index < -0.39 is 0 Å². The second kappa shape index (κ2) is 8.53. The summed E-state index contributed by atoms with van der Waals surface area (Å²) in [6, 6.07) is 8.19. The van der Waals surface area contributed by atoms with E-state index in [0.29, 0.717) is 28.9 Å². The Morgan fingerprint density at radius 2 is 1.90 bits per heavy atom. The highest BCUT2D eigenvalue weighted by molar-refractivity contribution is 7.98. The van der Waals surface area contributed by atoms with E-state index in [-0.39, 0.29) is 5.91 Å². The summed E-state index contributed by atoms with van der Waals surface area (Å²) in [4.78, 5) is 26.0. The van der Waals surface area contributed by atoms with Crippen molar-refractivity contribution < 1.29 is 4.79 Å². The van der Waals surface area contributed by atoms with Crippen LogP contribution in [-0.2, 0) is 11.2 Å². The summed E-state index contributed by atoms with van der Waals surface area (Å²) in [5.74, 6) is 0.524. The van der Waals surface area contributed by atoms with Gasteiger partial charge in [0.15, 0.2) is 5.13 Å². The molecule has 3 heterocycles. The van der Waals surface area contributed by atoms with E-state index in [0.717, 1.165) is 28.2 Å². The van der Waals surface area contributed by atoms with Gasteiger partial charge in [-0.2, -0.15) is 4.98 Å². The molecule has 4 rings (SSSR count). The fourth-order valence-corrected chi connectivity index (χ4v) is 4.32. The molecule has 0 fully saturated rings. The fraction of sp³-hybridized carbons (Fsp3) is 0.286. The lowest BCUT2D eigenvalue weighted by molar-refractivity contribution is -0.116. The number of anilines is 1. The topological polar surface area (TPSA) is 85.1 Å². The van der Waals surface area contributed by atoms with Gasteiger partial charge < -0.3 is 5.32 Å². The van der Waals surface area contributed by atoms with Gasteiger partial charge in [0, 0.05) is 28.8 Å². The van der Waals surface area contributed by atoms with Crippen molar-refractivity contribution in [1.29, 1.82) is 0 Å². The van der Waals surface area contributed by atoms with Gasteiger partial charge in [-0.05, 0) is 39.0 Å². The van der Waals surface area contributed by atoms with Crippen LogP contribution >= 0.6 is 23.1 Å². The molecule has 4 aromatic rings. The smallest absolute Gasteiger partial charge is 0.253 e. The number of benzene rings is 1. The van der Waals surface area contributed by atoms with Crippen LogP contribution in [0.3, 0.4) is 0 Å². The van der Waals surface area contributed by atoms with Gasteiger partial charge in [-0.1, -0.05) is 41.6 Å². The van der Waals surface area contributed by atoms with Crippen LogP contribution in [0.5, 0.6) is 0 Å². The summed E-state index contributed by atoms with van der Waals surface area (Å²) in [5.41, 5.74) is 5.98. The molecular formula is C21H22N6OS2. The van der Waals surface area contributed by atoms with E-state index >= 15 is 0 Å². The Labute approximate surface area is 183 Å². The molecule has 1 amide bonds. The quantitative estimate of drug-likeness (QED) is 0.447. The predicted octanol–water partition coefficient (Wildman–Crippen LogP) is 4.47. The second-order valence-corrected chi connectivity index (χ2v) is 8.66. The van der Waals surface area contributed by atoms with Gasteiger partial charge in [-0.15, -0.1) is 16.4 Å². The van der Waals surface area contributed by atoms with Gasteiger partial charge in [0.2, 0.25) is 11.1 Å². The maximum atomic E-state index is 12.5. The third-order valence-corrected chi connectivity index (χ3v) is 6.21. The van der Waals surface area contributed by atoms with Gasteiger partial charge >= 0.3 is 0 Å². The highest BCUT2D eigenvalue weighted by Gasteiger charge is 2.15. The van der Waals surface area contributed by atoms with E-state index in [1.165, 1.54) is 28.7 Å². The van der Waals surface area contributed by atoms with Gasteiger partial charge in [-0.3, -0.25) is 4.79 Å². The van der Waals surface area contributed by atoms with Crippen LogP contribution in [-0.4, -0.2) is 36.7 Å². The number of thioether (sulfide) groups is 1. The van der Waals surface area contributed by atoms with Crippen molar-refractivity contribution in [1.82, 2.24) is 24.6 Å². The summed E-state index contributed by atoms with van der Waals surface area (Å²) in [6.07, 6.45) is 2.86. The van der Waals surface area contributed by atoms with E-state index in [1.54, 1.807) is 4.52 Å². The van der Waals surface area contributed by atoms with Crippen molar-refractivity contribution >= 4 is 39.9 Å². The van der Waals surface area contributed by atoms with Crippen molar-refractivity contribution in [3.63, 3.8) is 0 Å². The molecule has 0 spiro atoms. The van der Waals surface area contributed by atoms with Crippen molar-refractivity contribution in [2.24, 2.45) is 0 Å². The lowest BCUT2D eigenvalue weighted by Crippen LogP contribution is -2.14. The molecule has 1 N–H and O–H groups in total. The second-order valence-electron chi connectivity index (χ2n) is 7.02. The number of nitrogens with one attached hydrogen (secondary N) is 1. The third-order valence-electron chi connectivity index (χ3n) is 4.91. The van der Waals surface area contributed by atoms with Crippen molar-refractivity contribution in [2.75, 3.05) is 11.6 Å². The van der Waals surface area contributed by atoms with E-state index in [4.69, 9.17) is 0 Å². The zero-order valence-corrected chi connectivity index (χ0v) is 18.9. The highest BCUT2D eigenvalue weighted by Crippen LogP contribution is 2.25. The van der Waals surface area contributed by atoms with Crippen LogP contribution in [0.25, 0.3) is 17.0 Å². The van der Waals surface area contributed by atoms with Crippen LogP contribution in [0.4, 0.5) is 5.13 Å². The van der Waals surface area contributed by atoms with Crippen molar-refractivity contribution in [2.45, 2.75) is 38.8 Å². The summed E-state index contributed by atoms with van der Waals surface area (Å²) in [5, 5.41) is 10.6. The number of hydrogen-bond donors (Lipinski definition) is 1. The first kappa shape index (κ1) is 20.5. The summed E-state index contributed by atoms with van der Waals surface area (Å²) >= 11 is 2.91. The molecule has 0 bridgehead atoms. The van der Waals surface area contributed by atoms with Gasteiger partial charge in [0.05, 0.1) is 5.69 Å². The normalized spacial score (nSPS) is 11.2. The number of aromatic nitrogens is 5. The van der Waals surface area contributed by atoms with Gasteiger partial charge in [-0.25, -0.2) is 14.5 Å². The van der Waals surface area contributed by atoms with Crippen LogP contribution < -0.4 is 5.32 Å². The third kappa shape index (κ3) is 4.22. The van der Waals surface area contributed by atoms with Gasteiger partial charge in [0.1, 0.15) is 0 Å². The molecule has 0 aliphatic rings. The number of thiazole rings is 1. The summed E-state index contributed by atoms with van der Waals surface area (Å²) < 4.78 is 1.75. The molecule has 1 aromatic carbocycles. The molecular weight excluding hydrogens is 416 g/mol. The number of amides is 1. The maximum absolute atomic E-state index is 12.5. The lowest BCUT2D eigenvalue weighted by Gasteiger charge is -2.10. The number of aryl methyl sites for hydroxylation is 3. The first-order valence-electron chi connectivity index (χ1n) is 9.54. The average Bonchev–Trinajstić information content (AvgIpc) is 3.35. The highest BCUT2D eigenvalue weighted by atomic mass is 32.2. The SMILES string of the molecule is CSc1nc2nc(C)c(CCC(=O)Nc3nc(-c4ccc(C)cc4)cs3)c(C)n2n1. The van der Waals surface area contributed by atoms with Crippen LogP contribution in [0.1, 0.15) is 28.9 Å². The molecule has 3 aromatic heterocycles. The minimum Gasteiger partial charge on any atom is -0.302 e. The molecule has 0 aliphatic carbocycles.